The molecule has 2 rings (SSSR count). The molecule has 0 aliphatic carbocycles. The van der Waals surface area contributed by atoms with Crippen LogP contribution in [-0.2, 0) is 4.79 Å². The Hall–Kier alpha value is -2.64. The molecule has 2 aromatic rings. The maximum absolute atomic E-state index is 11.0. The summed E-state index contributed by atoms with van der Waals surface area (Å²) < 4.78 is 5.47. The van der Waals surface area contributed by atoms with E-state index >= 15 is 0 Å². The van der Waals surface area contributed by atoms with E-state index in [1.807, 2.05) is 5.43 Å². The molecule has 1 amide bonds. The van der Waals surface area contributed by atoms with Gasteiger partial charge in [-0.1, -0.05) is 11.6 Å². The van der Waals surface area contributed by atoms with Crippen LogP contribution in [-0.4, -0.2) is 10.8 Å². The third-order valence-electron chi connectivity index (χ3n) is 2.60. The van der Waals surface area contributed by atoms with Crippen LogP contribution in [0.25, 0.3) is 17.4 Å². The summed E-state index contributed by atoms with van der Waals surface area (Å²) in [5.74, 6) is 5.28. The lowest BCUT2D eigenvalue weighted by Gasteiger charge is -1.99. The molecule has 8 heteroatoms. The zero-order chi connectivity index (χ0) is 15.4. The first-order chi connectivity index (χ1) is 10.0. The number of benzene rings is 1. The van der Waals surface area contributed by atoms with Crippen molar-refractivity contribution < 1.29 is 14.1 Å². The van der Waals surface area contributed by atoms with Gasteiger partial charge < -0.3 is 4.42 Å². The van der Waals surface area contributed by atoms with Crippen molar-refractivity contribution in [1.29, 1.82) is 0 Å². The number of carbonyl (C=O) groups excluding carboxylic acids is 1. The molecule has 1 aromatic heterocycles. The Bertz CT molecular complexity index is 724. The Balaban J connectivity index is 2.30. The van der Waals surface area contributed by atoms with Crippen LogP contribution in [0.15, 0.2) is 40.8 Å². The van der Waals surface area contributed by atoms with E-state index < -0.39 is 10.8 Å². The second-order valence-electron chi connectivity index (χ2n) is 3.97. The van der Waals surface area contributed by atoms with Crippen LogP contribution in [0.4, 0.5) is 5.69 Å². The van der Waals surface area contributed by atoms with E-state index in [0.29, 0.717) is 17.1 Å². The minimum absolute atomic E-state index is 0.0510. The summed E-state index contributed by atoms with van der Waals surface area (Å²) in [5.41, 5.74) is 2.25. The van der Waals surface area contributed by atoms with Gasteiger partial charge in [-0.05, 0) is 30.3 Å². The van der Waals surface area contributed by atoms with Crippen molar-refractivity contribution in [2.45, 2.75) is 0 Å². The molecule has 0 spiro atoms. The van der Waals surface area contributed by atoms with Crippen molar-refractivity contribution >= 4 is 29.3 Å². The maximum Gasteiger partial charge on any atom is 0.288 e. The third-order valence-corrected chi connectivity index (χ3v) is 2.91. The van der Waals surface area contributed by atoms with E-state index in [4.69, 9.17) is 21.9 Å². The number of carbonyl (C=O) groups is 1. The average Bonchev–Trinajstić information content (AvgIpc) is 2.93. The lowest BCUT2D eigenvalue weighted by Crippen LogP contribution is -2.27. The van der Waals surface area contributed by atoms with Crippen LogP contribution < -0.4 is 11.3 Å². The molecule has 0 unspecified atom stereocenters. The summed E-state index contributed by atoms with van der Waals surface area (Å²) in [4.78, 5) is 21.2. The number of amides is 1. The van der Waals surface area contributed by atoms with Crippen LogP contribution in [0.3, 0.4) is 0 Å². The summed E-state index contributed by atoms with van der Waals surface area (Å²) in [6, 6.07) is 7.60. The summed E-state index contributed by atoms with van der Waals surface area (Å²) in [7, 11) is 0. The predicted octanol–water partition coefficient (Wildman–Crippen LogP) is 2.51. The number of furan rings is 1. The number of nitro benzene ring substituents is 1. The smallest absolute Gasteiger partial charge is 0.288 e. The highest BCUT2D eigenvalue weighted by Crippen LogP contribution is 2.31. The largest absolute Gasteiger partial charge is 0.457 e. The van der Waals surface area contributed by atoms with Crippen LogP contribution >= 0.6 is 11.6 Å². The van der Waals surface area contributed by atoms with Crippen molar-refractivity contribution in [3.63, 3.8) is 0 Å². The number of halogens is 1. The van der Waals surface area contributed by atoms with E-state index in [1.165, 1.54) is 24.3 Å². The minimum atomic E-state index is -0.568. The molecule has 0 radical (unpaired) electrons. The molecule has 1 heterocycles. The SMILES string of the molecule is NNC(=O)/C=C/c1ccc(-c2ccc(Cl)c([N+](=O)[O-])c2)o1. The maximum atomic E-state index is 11.0. The molecule has 108 valence electrons. The molecule has 7 nitrogen and oxygen atoms in total. The van der Waals surface area contributed by atoms with Gasteiger partial charge in [0.2, 0.25) is 0 Å². The second-order valence-corrected chi connectivity index (χ2v) is 4.37. The zero-order valence-corrected chi connectivity index (χ0v) is 11.3. The van der Waals surface area contributed by atoms with Gasteiger partial charge in [0.25, 0.3) is 11.6 Å². The number of nitrogens with one attached hydrogen (secondary N) is 1. The molecule has 0 aliphatic heterocycles. The Kier molecular flexibility index (Phi) is 4.36. The summed E-state index contributed by atoms with van der Waals surface area (Å²) in [6.45, 7) is 0. The van der Waals surface area contributed by atoms with Gasteiger partial charge in [0.1, 0.15) is 16.5 Å². The number of hydrazine groups is 1. The quantitative estimate of drug-likeness (QED) is 0.296. The van der Waals surface area contributed by atoms with Crippen LogP contribution in [0, 0.1) is 10.1 Å². The minimum Gasteiger partial charge on any atom is -0.457 e. The Morgan fingerprint density at radius 3 is 2.81 bits per heavy atom. The average molecular weight is 308 g/mol. The fourth-order valence-corrected chi connectivity index (χ4v) is 1.80. The van der Waals surface area contributed by atoms with Crippen LogP contribution in [0.2, 0.25) is 5.02 Å². The molecule has 0 aliphatic rings. The van der Waals surface area contributed by atoms with Gasteiger partial charge >= 0.3 is 0 Å². The van der Waals surface area contributed by atoms with Gasteiger partial charge in [-0.2, -0.15) is 0 Å². The predicted molar refractivity (Wildman–Crippen MR) is 77.2 cm³/mol. The monoisotopic (exact) mass is 307 g/mol. The summed E-state index contributed by atoms with van der Waals surface area (Å²) >= 11 is 5.74. The first kappa shape index (κ1) is 14.8. The molecule has 1 aromatic carbocycles. The van der Waals surface area contributed by atoms with Crippen molar-refractivity contribution in [2.75, 3.05) is 0 Å². The van der Waals surface area contributed by atoms with Gasteiger partial charge in [0.15, 0.2) is 0 Å². The van der Waals surface area contributed by atoms with Crippen molar-refractivity contribution in [3.8, 4) is 11.3 Å². The molecule has 0 atom stereocenters. The second kappa shape index (κ2) is 6.21. The van der Waals surface area contributed by atoms with E-state index in [0.717, 1.165) is 0 Å². The molecule has 21 heavy (non-hydrogen) atoms. The van der Waals surface area contributed by atoms with Gasteiger partial charge in [0.05, 0.1) is 4.92 Å². The lowest BCUT2D eigenvalue weighted by atomic mass is 10.1. The van der Waals surface area contributed by atoms with Gasteiger partial charge in [-0.15, -0.1) is 0 Å². The highest BCUT2D eigenvalue weighted by Gasteiger charge is 2.14. The van der Waals surface area contributed by atoms with E-state index in [9.17, 15) is 14.9 Å². The molecule has 0 fully saturated rings. The van der Waals surface area contributed by atoms with E-state index in [-0.39, 0.29) is 10.7 Å². The van der Waals surface area contributed by atoms with Gasteiger partial charge in [-0.3, -0.25) is 20.3 Å². The number of nitro groups is 1. The van der Waals surface area contributed by atoms with Crippen molar-refractivity contribution in [1.82, 2.24) is 5.43 Å². The first-order valence-electron chi connectivity index (χ1n) is 5.74. The highest BCUT2D eigenvalue weighted by molar-refractivity contribution is 6.32. The topological polar surface area (TPSA) is 111 Å². The fourth-order valence-electron chi connectivity index (χ4n) is 1.61. The highest BCUT2D eigenvalue weighted by atomic mass is 35.5. The van der Waals surface area contributed by atoms with E-state index in [1.54, 1.807) is 18.2 Å². The molecule has 0 bridgehead atoms. The number of rotatable bonds is 4. The molecular weight excluding hydrogens is 298 g/mol. The number of hydrogen-bond donors (Lipinski definition) is 2. The third kappa shape index (κ3) is 3.47. The van der Waals surface area contributed by atoms with Gasteiger partial charge in [-0.25, -0.2) is 5.84 Å². The zero-order valence-electron chi connectivity index (χ0n) is 10.6. The lowest BCUT2D eigenvalue weighted by molar-refractivity contribution is -0.384. The molecular formula is C13H10ClN3O4. The molecule has 3 N–H and O–H groups in total. The van der Waals surface area contributed by atoms with Crippen LogP contribution in [0.5, 0.6) is 0 Å². The number of nitrogens with two attached hydrogens (primary N) is 1. The summed E-state index contributed by atoms with van der Waals surface area (Å²) in [6.07, 6.45) is 2.63. The standard InChI is InChI=1S/C13H10ClN3O4/c14-10-4-1-8(7-11(10)17(19)20)12-5-2-9(21-12)3-6-13(18)16-15/h1-7H,15H2,(H,16,18)/b6-3+. The normalized spacial score (nSPS) is 10.8. The fraction of sp³-hybridized carbons (Fsp3) is 0. The van der Waals surface area contributed by atoms with Gasteiger partial charge in [0, 0.05) is 17.7 Å². The van der Waals surface area contributed by atoms with E-state index in [2.05, 4.69) is 0 Å². The van der Waals surface area contributed by atoms with Crippen LogP contribution in [0.1, 0.15) is 5.76 Å². The molecule has 0 saturated carbocycles. The van der Waals surface area contributed by atoms with Crippen molar-refractivity contribution in [2.24, 2.45) is 5.84 Å². The Morgan fingerprint density at radius 2 is 2.14 bits per heavy atom. The van der Waals surface area contributed by atoms with Crippen molar-refractivity contribution in [3.05, 3.63) is 57.3 Å². The Morgan fingerprint density at radius 1 is 1.38 bits per heavy atom. The number of hydrogen-bond acceptors (Lipinski definition) is 5. The summed E-state index contributed by atoms with van der Waals surface area (Å²) in [5, 5.41) is 10.9. The first-order valence-corrected chi connectivity index (χ1v) is 6.12. The molecule has 0 saturated heterocycles. The Labute approximate surface area is 124 Å². The number of nitrogens with zero attached hydrogens (tertiary/aromatic N) is 1.